The van der Waals surface area contributed by atoms with Crippen LogP contribution in [-0.4, -0.2) is 27.6 Å². The van der Waals surface area contributed by atoms with Crippen LogP contribution in [0.5, 0.6) is 11.5 Å². The highest BCUT2D eigenvalue weighted by Crippen LogP contribution is 2.37. The third-order valence-corrected chi connectivity index (χ3v) is 6.21. The maximum Gasteiger partial charge on any atom is 0.331 e. The van der Waals surface area contributed by atoms with Gasteiger partial charge in [-0.1, -0.05) is 17.7 Å². The van der Waals surface area contributed by atoms with Gasteiger partial charge in [0.1, 0.15) is 29.5 Å². The summed E-state index contributed by atoms with van der Waals surface area (Å²) in [6.45, 7) is 0.482. The van der Waals surface area contributed by atoms with Crippen LogP contribution in [0.4, 0.5) is 17.3 Å². The third kappa shape index (κ3) is 3.98. The van der Waals surface area contributed by atoms with Crippen molar-refractivity contribution in [3.05, 3.63) is 70.3 Å². The molecule has 1 aliphatic rings. The molecule has 0 fully saturated rings. The number of nitrogens with one attached hydrogen (secondary N) is 2. The van der Waals surface area contributed by atoms with Gasteiger partial charge in [-0.05, 0) is 54.3 Å². The van der Waals surface area contributed by atoms with Crippen molar-refractivity contribution in [2.24, 2.45) is 0 Å². The van der Waals surface area contributed by atoms with Gasteiger partial charge in [0, 0.05) is 27.9 Å². The van der Waals surface area contributed by atoms with Gasteiger partial charge in [0.05, 0.1) is 10.6 Å². The van der Waals surface area contributed by atoms with E-state index in [2.05, 4.69) is 20.6 Å². The first-order valence-corrected chi connectivity index (χ1v) is 11.1. The van der Waals surface area contributed by atoms with Gasteiger partial charge in [-0.3, -0.25) is 0 Å². The minimum atomic E-state index is -0.959. The maximum atomic E-state index is 11.5. The lowest BCUT2D eigenvalue weighted by atomic mass is 10.1. The van der Waals surface area contributed by atoms with Gasteiger partial charge in [-0.2, -0.15) is 0 Å². The molecule has 7 nitrogen and oxygen atoms in total. The number of thiophene rings is 1. The van der Waals surface area contributed by atoms with Crippen molar-refractivity contribution in [2.75, 3.05) is 17.2 Å². The fraction of sp³-hybridized carbons (Fsp3) is 0.0870. The molecule has 0 saturated heterocycles. The van der Waals surface area contributed by atoms with Gasteiger partial charge in [0.15, 0.2) is 0 Å². The highest BCUT2D eigenvalue weighted by molar-refractivity contribution is 7.17. The van der Waals surface area contributed by atoms with Gasteiger partial charge in [0.25, 0.3) is 0 Å². The average molecular weight is 465 g/mol. The molecular formula is C23H17ClN4O3S. The molecule has 0 unspecified atom stereocenters. The van der Waals surface area contributed by atoms with Crippen molar-refractivity contribution >= 4 is 62.4 Å². The Morgan fingerprint density at radius 1 is 1.19 bits per heavy atom. The summed E-state index contributed by atoms with van der Waals surface area (Å²) in [4.78, 5) is 20.0. The van der Waals surface area contributed by atoms with E-state index in [4.69, 9.17) is 16.3 Å². The van der Waals surface area contributed by atoms with Crippen molar-refractivity contribution < 1.29 is 14.6 Å². The Hall–Kier alpha value is -3.62. The van der Waals surface area contributed by atoms with Crippen LogP contribution in [0.3, 0.4) is 0 Å². The van der Waals surface area contributed by atoms with Crippen LogP contribution in [-0.2, 0) is 4.79 Å². The second-order valence-corrected chi connectivity index (χ2v) is 8.45. The van der Waals surface area contributed by atoms with E-state index in [1.54, 1.807) is 29.5 Å². The van der Waals surface area contributed by atoms with E-state index in [1.807, 2.05) is 35.7 Å². The van der Waals surface area contributed by atoms with Gasteiger partial charge < -0.3 is 20.5 Å². The van der Waals surface area contributed by atoms with Crippen LogP contribution in [0.2, 0.25) is 5.02 Å². The first kappa shape index (κ1) is 20.3. The topological polar surface area (TPSA) is 96.4 Å². The van der Waals surface area contributed by atoms with Crippen LogP contribution < -0.4 is 15.4 Å². The number of carboxylic acids is 1. The molecule has 4 aromatic rings. The lowest BCUT2D eigenvalue weighted by molar-refractivity contribution is -0.132. The highest BCUT2D eigenvalue weighted by Gasteiger charge is 2.18. The Balaban J connectivity index is 1.43. The van der Waals surface area contributed by atoms with Crippen molar-refractivity contribution in [2.45, 2.75) is 6.42 Å². The molecule has 0 amide bonds. The molecule has 0 atom stereocenters. The molecule has 160 valence electrons. The molecule has 0 saturated carbocycles. The number of fused-ring (bicyclic) bond motifs is 2. The number of ether oxygens (including phenoxy) is 1. The fourth-order valence-electron chi connectivity index (χ4n) is 3.48. The summed E-state index contributed by atoms with van der Waals surface area (Å²) in [6, 6.07) is 13.3. The van der Waals surface area contributed by atoms with Crippen molar-refractivity contribution in [3.8, 4) is 11.5 Å². The highest BCUT2D eigenvalue weighted by atomic mass is 35.5. The second-order valence-electron chi connectivity index (χ2n) is 7.10. The van der Waals surface area contributed by atoms with E-state index in [-0.39, 0.29) is 0 Å². The first-order valence-electron chi connectivity index (χ1n) is 9.82. The Bertz CT molecular complexity index is 1370. The zero-order valence-electron chi connectivity index (χ0n) is 16.6. The number of halogens is 1. The minimum Gasteiger partial charge on any atom is -0.478 e. The van der Waals surface area contributed by atoms with E-state index in [9.17, 15) is 9.90 Å². The molecule has 3 heterocycles. The number of carbonyl (C=O) groups is 1. The maximum absolute atomic E-state index is 11.5. The number of aliphatic carboxylic acids is 1. The minimum absolute atomic E-state index is 0.290. The summed E-state index contributed by atoms with van der Waals surface area (Å²) in [6.07, 6.45) is 3.41. The van der Waals surface area contributed by atoms with Crippen LogP contribution in [0.25, 0.3) is 16.2 Å². The van der Waals surface area contributed by atoms with Crippen LogP contribution in [0.1, 0.15) is 12.0 Å². The molecule has 0 spiro atoms. The zero-order valence-corrected chi connectivity index (χ0v) is 18.2. The van der Waals surface area contributed by atoms with Crippen LogP contribution in [0, 0.1) is 0 Å². The first-order chi connectivity index (χ1) is 15.6. The molecule has 1 aliphatic heterocycles. The quantitative estimate of drug-likeness (QED) is 0.325. The SMILES string of the molecule is O=C(O)C1=Cc2c(ncnc2Nc2ccc(Oc3cccc4sccc34)c(Cl)c2)NCC1. The van der Waals surface area contributed by atoms with E-state index < -0.39 is 5.97 Å². The Labute approximate surface area is 192 Å². The van der Waals surface area contributed by atoms with Crippen molar-refractivity contribution in [1.82, 2.24) is 9.97 Å². The van der Waals surface area contributed by atoms with Gasteiger partial charge in [-0.15, -0.1) is 11.3 Å². The summed E-state index contributed by atoms with van der Waals surface area (Å²) >= 11 is 8.16. The predicted molar refractivity (Wildman–Crippen MR) is 127 cm³/mol. The zero-order chi connectivity index (χ0) is 22.1. The van der Waals surface area contributed by atoms with Gasteiger partial charge in [-0.25, -0.2) is 14.8 Å². The van der Waals surface area contributed by atoms with Crippen molar-refractivity contribution in [1.29, 1.82) is 0 Å². The van der Waals surface area contributed by atoms with E-state index in [1.165, 1.54) is 6.33 Å². The molecule has 3 N–H and O–H groups in total. The van der Waals surface area contributed by atoms with Crippen molar-refractivity contribution in [3.63, 3.8) is 0 Å². The van der Waals surface area contributed by atoms with Crippen LogP contribution in [0.15, 0.2) is 59.7 Å². The van der Waals surface area contributed by atoms with Gasteiger partial charge in [0.2, 0.25) is 0 Å². The summed E-state index contributed by atoms with van der Waals surface area (Å²) in [5.74, 6) is 1.38. The number of hydrogen-bond donors (Lipinski definition) is 3. The van der Waals surface area contributed by atoms with E-state index in [0.29, 0.717) is 52.2 Å². The molecule has 5 rings (SSSR count). The number of anilines is 3. The molecule has 2 aromatic carbocycles. The molecule has 0 bridgehead atoms. The molecule has 0 aliphatic carbocycles. The normalized spacial score (nSPS) is 13.0. The Morgan fingerprint density at radius 2 is 2.09 bits per heavy atom. The number of rotatable bonds is 5. The summed E-state index contributed by atoms with van der Waals surface area (Å²) < 4.78 is 7.21. The summed E-state index contributed by atoms with van der Waals surface area (Å²) in [5, 5.41) is 19.3. The molecule has 0 radical (unpaired) electrons. The Morgan fingerprint density at radius 3 is 2.94 bits per heavy atom. The molecule has 32 heavy (non-hydrogen) atoms. The summed E-state index contributed by atoms with van der Waals surface area (Å²) in [7, 11) is 0. The van der Waals surface area contributed by atoms with Crippen LogP contribution >= 0.6 is 22.9 Å². The smallest absolute Gasteiger partial charge is 0.331 e. The second kappa shape index (κ2) is 8.49. The Kier molecular flexibility index (Phi) is 5.38. The fourth-order valence-corrected chi connectivity index (χ4v) is 4.50. The predicted octanol–water partition coefficient (Wildman–Crippen LogP) is 6.16. The lowest BCUT2D eigenvalue weighted by Gasteiger charge is -2.13. The van der Waals surface area contributed by atoms with E-state index >= 15 is 0 Å². The van der Waals surface area contributed by atoms with Gasteiger partial charge >= 0.3 is 5.97 Å². The third-order valence-electron chi connectivity index (χ3n) is 5.03. The lowest BCUT2D eigenvalue weighted by Crippen LogP contribution is -2.06. The standard InChI is InChI=1S/C23H17ClN4O3S/c24-17-11-14(4-5-19(17)31-18-2-1-3-20-15(18)7-9-32-20)28-22-16-10-13(23(29)30)6-8-25-21(16)26-12-27-22/h1-5,7,9-12H,6,8H2,(H,29,30)(H2,25,26,27,28). The monoisotopic (exact) mass is 464 g/mol. The average Bonchev–Trinajstić information content (AvgIpc) is 3.15. The number of aromatic nitrogens is 2. The summed E-state index contributed by atoms with van der Waals surface area (Å²) in [5.41, 5.74) is 1.56. The van der Waals surface area contributed by atoms with E-state index in [0.717, 1.165) is 15.8 Å². The number of benzene rings is 2. The number of nitrogens with zero attached hydrogens (tertiary/aromatic N) is 2. The molecule has 9 heteroatoms. The number of carboxylic acid groups (broad SMARTS) is 1. The molecule has 2 aromatic heterocycles. The number of hydrogen-bond acceptors (Lipinski definition) is 7. The largest absolute Gasteiger partial charge is 0.478 e. The molecular weight excluding hydrogens is 448 g/mol.